The number of nitrogens with zero attached hydrogens (tertiary/aromatic N) is 1. The Labute approximate surface area is 111 Å². The van der Waals surface area contributed by atoms with Crippen molar-refractivity contribution < 1.29 is 4.90 Å². The summed E-state index contributed by atoms with van der Waals surface area (Å²) in [6, 6.07) is 8.26. The molecule has 100 valence electrons. The fourth-order valence-corrected chi connectivity index (χ4v) is 2.64. The van der Waals surface area contributed by atoms with Gasteiger partial charge in [0.2, 0.25) is 0 Å². The van der Waals surface area contributed by atoms with Gasteiger partial charge in [-0.15, -0.1) is 0 Å². The molecule has 1 aliphatic heterocycles. The van der Waals surface area contributed by atoms with Crippen LogP contribution >= 0.6 is 0 Å². The van der Waals surface area contributed by atoms with Crippen molar-refractivity contribution in [3.63, 3.8) is 0 Å². The van der Waals surface area contributed by atoms with Gasteiger partial charge >= 0.3 is 0 Å². The summed E-state index contributed by atoms with van der Waals surface area (Å²) < 4.78 is 0. The molecule has 0 radical (unpaired) electrons. The highest BCUT2D eigenvalue weighted by Gasteiger charge is 2.19. The van der Waals surface area contributed by atoms with E-state index in [4.69, 9.17) is 5.73 Å². The predicted octanol–water partition coefficient (Wildman–Crippen LogP) is 1.16. The van der Waals surface area contributed by atoms with Crippen molar-refractivity contribution in [2.24, 2.45) is 0 Å². The molecule has 0 aromatic heterocycles. The molecule has 18 heavy (non-hydrogen) atoms. The van der Waals surface area contributed by atoms with Crippen molar-refractivity contribution in [1.82, 2.24) is 0 Å². The highest BCUT2D eigenvalue weighted by atomic mass is 15.3. The Hall–Kier alpha value is -1.22. The molecule has 0 bridgehead atoms. The Morgan fingerprint density at radius 1 is 1.11 bits per heavy atom. The lowest BCUT2D eigenvalue weighted by atomic mass is 10.2. The van der Waals surface area contributed by atoms with E-state index in [0.29, 0.717) is 0 Å². The molecule has 3 nitrogen and oxygen atoms in total. The monoisotopic (exact) mass is 248 g/mol. The van der Waals surface area contributed by atoms with Crippen LogP contribution in [0.5, 0.6) is 0 Å². The van der Waals surface area contributed by atoms with Crippen molar-refractivity contribution in [1.29, 1.82) is 0 Å². The molecule has 2 rings (SSSR count). The number of hydrogen-bond acceptors (Lipinski definition) is 2. The molecule has 1 aromatic carbocycles. The summed E-state index contributed by atoms with van der Waals surface area (Å²) in [5, 5.41) is 0. The van der Waals surface area contributed by atoms with Crippen LogP contribution in [0.2, 0.25) is 0 Å². The smallest absolute Gasteiger partial charge is 0.0949 e. The largest absolute Gasteiger partial charge is 0.399 e. The topological polar surface area (TPSA) is 33.7 Å². The first kappa shape index (κ1) is 13.2. The molecule has 1 saturated heterocycles. The first-order valence-electron chi connectivity index (χ1n) is 7.23. The van der Waals surface area contributed by atoms with Crippen LogP contribution in [-0.4, -0.2) is 32.7 Å². The first-order valence-corrected chi connectivity index (χ1v) is 7.23. The molecule has 0 aliphatic carbocycles. The van der Waals surface area contributed by atoms with Gasteiger partial charge < -0.3 is 15.5 Å². The Kier molecular flexibility index (Phi) is 4.88. The second-order valence-electron chi connectivity index (χ2n) is 5.29. The van der Waals surface area contributed by atoms with Crippen molar-refractivity contribution >= 4 is 11.4 Å². The highest BCUT2D eigenvalue weighted by Crippen LogP contribution is 2.15. The minimum Gasteiger partial charge on any atom is -0.399 e. The van der Waals surface area contributed by atoms with Crippen LogP contribution < -0.4 is 15.5 Å². The van der Waals surface area contributed by atoms with E-state index in [1.54, 1.807) is 4.90 Å². The van der Waals surface area contributed by atoms with Crippen LogP contribution in [0, 0.1) is 0 Å². The molecular formula is C15H26N3+. The number of nitrogens with two attached hydrogens (primary N) is 1. The highest BCUT2D eigenvalue weighted by molar-refractivity contribution is 5.53. The van der Waals surface area contributed by atoms with Crippen LogP contribution in [0.3, 0.4) is 0 Å². The molecule has 0 spiro atoms. The van der Waals surface area contributed by atoms with Gasteiger partial charge in [-0.05, 0) is 37.1 Å². The quantitative estimate of drug-likeness (QED) is 0.606. The van der Waals surface area contributed by atoms with Gasteiger partial charge in [-0.3, -0.25) is 0 Å². The zero-order valence-corrected chi connectivity index (χ0v) is 11.5. The van der Waals surface area contributed by atoms with E-state index in [0.717, 1.165) is 5.69 Å². The second-order valence-corrected chi connectivity index (χ2v) is 5.29. The average Bonchev–Trinajstić information content (AvgIpc) is 2.41. The maximum atomic E-state index is 5.72. The lowest BCUT2D eigenvalue weighted by Gasteiger charge is -2.33. The Morgan fingerprint density at radius 2 is 1.78 bits per heavy atom. The van der Waals surface area contributed by atoms with E-state index >= 15 is 0 Å². The number of piperazine rings is 1. The third kappa shape index (κ3) is 3.64. The van der Waals surface area contributed by atoms with Crippen molar-refractivity contribution in [3.8, 4) is 0 Å². The normalized spacial score (nSPS) is 17.1. The fraction of sp³-hybridized carbons (Fsp3) is 0.600. The van der Waals surface area contributed by atoms with Crippen LogP contribution in [0.4, 0.5) is 11.4 Å². The van der Waals surface area contributed by atoms with Crippen LogP contribution in [0.25, 0.3) is 0 Å². The standard InChI is InChI=1S/C15H25N3/c1-2-3-4-9-17-10-12-18(13-11-17)15-7-5-14(16)6-8-15/h5-8H,2-4,9-13,16H2,1H3/p+1. The third-order valence-corrected chi connectivity index (χ3v) is 3.86. The van der Waals surface area contributed by atoms with Gasteiger partial charge in [-0.2, -0.15) is 0 Å². The first-order chi connectivity index (χ1) is 8.79. The third-order valence-electron chi connectivity index (χ3n) is 3.86. The van der Waals surface area contributed by atoms with Gasteiger partial charge in [0.1, 0.15) is 0 Å². The van der Waals surface area contributed by atoms with Gasteiger partial charge in [-0.1, -0.05) is 13.3 Å². The number of quaternary nitrogens is 1. The lowest BCUT2D eigenvalue weighted by molar-refractivity contribution is -0.900. The van der Waals surface area contributed by atoms with E-state index in [2.05, 4.69) is 24.0 Å². The summed E-state index contributed by atoms with van der Waals surface area (Å²) in [6.45, 7) is 8.51. The maximum Gasteiger partial charge on any atom is 0.0949 e. The number of rotatable bonds is 5. The van der Waals surface area contributed by atoms with E-state index in [9.17, 15) is 0 Å². The molecule has 0 unspecified atom stereocenters. The van der Waals surface area contributed by atoms with Crippen molar-refractivity contribution in [2.45, 2.75) is 26.2 Å². The molecule has 1 heterocycles. The molecule has 1 aromatic rings. The Morgan fingerprint density at radius 3 is 2.39 bits per heavy atom. The molecule has 0 amide bonds. The summed E-state index contributed by atoms with van der Waals surface area (Å²) in [6.07, 6.45) is 4.09. The average molecular weight is 248 g/mol. The predicted molar refractivity (Wildman–Crippen MR) is 78.2 cm³/mol. The second kappa shape index (κ2) is 6.64. The molecule has 0 saturated carbocycles. The van der Waals surface area contributed by atoms with E-state index in [-0.39, 0.29) is 0 Å². The maximum absolute atomic E-state index is 5.72. The molecule has 3 N–H and O–H groups in total. The van der Waals surface area contributed by atoms with Crippen LogP contribution in [-0.2, 0) is 0 Å². The van der Waals surface area contributed by atoms with Crippen LogP contribution in [0.15, 0.2) is 24.3 Å². The molecule has 3 heteroatoms. The summed E-state index contributed by atoms with van der Waals surface area (Å²) >= 11 is 0. The van der Waals surface area contributed by atoms with Crippen LogP contribution in [0.1, 0.15) is 26.2 Å². The van der Waals surface area contributed by atoms with Gasteiger partial charge in [0.05, 0.1) is 32.7 Å². The Balaban J connectivity index is 1.77. The molecular weight excluding hydrogens is 222 g/mol. The fourth-order valence-electron chi connectivity index (χ4n) is 2.64. The molecule has 0 atom stereocenters. The summed E-state index contributed by atoms with van der Waals surface area (Å²) in [7, 11) is 0. The van der Waals surface area contributed by atoms with Gasteiger partial charge in [0.25, 0.3) is 0 Å². The van der Waals surface area contributed by atoms with Crippen molar-refractivity contribution in [2.75, 3.05) is 43.4 Å². The minimum absolute atomic E-state index is 0.850. The zero-order chi connectivity index (χ0) is 12.8. The molecule has 1 fully saturated rings. The van der Waals surface area contributed by atoms with E-state index in [1.165, 1.54) is 57.7 Å². The SMILES string of the molecule is CCCCC[NH+]1CCN(c2ccc(N)cc2)CC1. The Bertz CT molecular complexity index is 339. The van der Waals surface area contributed by atoms with E-state index < -0.39 is 0 Å². The minimum atomic E-state index is 0.850. The summed E-state index contributed by atoms with van der Waals surface area (Å²) in [5.74, 6) is 0. The summed E-state index contributed by atoms with van der Waals surface area (Å²) in [5.41, 5.74) is 7.89. The van der Waals surface area contributed by atoms with E-state index in [1.807, 2.05) is 12.1 Å². The number of hydrogen-bond donors (Lipinski definition) is 2. The number of benzene rings is 1. The number of anilines is 2. The molecule has 1 aliphatic rings. The van der Waals surface area contributed by atoms with Crippen molar-refractivity contribution in [3.05, 3.63) is 24.3 Å². The lowest BCUT2D eigenvalue weighted by Crippen LogP contribution is -3.14. The number of nitrogens with one attached hydrogen (secondary N) is 1. The number of unbranched alkanes of at least 4 members (excludes halogenated alkanes) is 2. The van der Waals surface area contributed by atoms with Gasteiger partial charge in [0, 0.05) is 11.4 Å². The zero-order valence-electron chi connectivity index (χ0n) is 11.5. The summed E-state index contributed by atoms with van der Waals surface area (Å²) in [4.78, 5) is 4.25. The van der Waals surface area contributed by atoms with Gasteiger partial charge in [0.15, 0.2) is 0 Å². The van der Waals surface area contributed by atoms with Gasteiger partial charge in [-0.25, -0.2) is 0 Å². The number of nitrogen functional groups attached to an aromatic ring is 1.